The Hall–Kier alpha value is -2.04. The fraction of sp³-hybridized carbons (Fsp3) is 0.273. The minimum atomic E-state index is -0.702. The molecule has 1 amide bonds. The van der Waals surface area contributed by atoms with E-state index >= 15 is 0 Å². The molecule has 0 saturated heterocycles. The lowest BCUT2D eigenvalue weighted by molar-refractivity contribution is -0.142. The SMILES string of the molecule is COC(=O)C(C)NC(=O)c1ccc(O)cc1. The molecule has 0 aliphatic rings. The van der Waals surface area contributed by atoms with E-state index in [4.69, 9.17) is 5.11 Å². The minimum absolute atomic E-state index is 0.0811. The molecule has 2 N–H and O–H groups in total. The number of hydrogen-bond acceptors (Lipinski definition) is 4. The third-order valence-corrected chi connectivity index (χ3v) is 2.03. The van der Waals surface area contributed by atoms with Gasteiger partial charge in [0.2, 0.25) is 0 Å². The highest BCUT2D eigenvalue weighted by molar-refractivity contribution is 5.96. The zero-order valence-corrected chi connectivity index (χ0v) is 9.06. The molecular formula is C11H13NO4. The van der Waals surface area contributed by atoms with Crippen molar-refractivity contribution in [3.63, 3.8) is 0 Å². The van der Waals surface area contributed by atoms with E-state index in [0.717, 1.165) is 0 Å². The summed E-state index contributed by atoms with van der Waals surface area (Å²) in [7, 11) is 1.26. The van der Waals surface area contributed by atoms with Crippen LogP contribution in [0.4, 0.5) is 0 Å². The fourth-order valence-corrected chi connectivity index (χ4v) is 1.13. The summed E-state index contributed by atoms with van der Waals surface area (Å²) in [6, 6.07) is 5.03. The van der Waals surface area contributed by atoms with Crippen LogP contribution >= 0.6 is 0 Å². The second-order valence-electron chi connectivity index (χ2n) is 3.27. The molecule has 0 saturated carbocycles. The average molecular weight is 223 g/mol. The van der Waals surface area contributed by atoms with E-state index < -0.39 is 17.9 Å². The van der Waals surface area contributed by atoms with E-state index in [0.29, 0.717) is 5.56 Å². The lowest BCUT2D eigenvalue weighted by Crippen LogP contribution is -2.39. The second kappa shape index (κ2) is 5.16. The Morgan fingerprint density at radius 2 is 1.88 bits per heavy atom. The topological polar surface area (TPSA) is 75.6 Å². The van der Waals surface area contributed by atoms with E-state index in [-0.39, 0.29) is 5.75 Å². The van der Waals surface area contributed by atoms with E-state index in [9.17, 15) is 9.59 Å². The minimum Gasteiger partial charge on any atom is -0.508 e. The van der Waals surface area contributed by atoms with Crippen LogP contribution in [0.1, 0.15) is 17.3 Å². The smallest absolute Gasteiger partial charge is 0.328 e. The molecule has 16 heavy (non-hydrogen) atoms. The summed E-state index contributed by atoms with van der Waals surface area (Å²) in [6.45, 7) is 1.53. The van der Waals surface area contributed by atoms with E-state index in [1.165, 1.54) is 38.3 Å². The summed E-state index contributed by atoms with van der Waals surface area (Å²) in [5.41, 5.74) is 0.369. The third-order valence-electron chi connectivity index (χ3n) is 2.03. The van der Waals surface area contributed by atoms with E-state index in [2.05, 4.69) is 10.1 Å². The maximum absolute atomic E-state index is 11.6. The van der Waals surface area contributed by atoms with Crippen LogP contribution in [0.5, 0.6) is 5.75 Å². The van der Waals surface area contributed by atoms with Gasteiger partial charge in [0.1, 0.15) is 11.8 Å². The monoisotopic (exact) mass is 223 g/mol. The standard InChI is InChI=1S/C11H13NO4/c1-7(11(15)16-2)12-10(14)8-3-5-9(13)6-4-8/h3-7,13H,1-2H3,(H,12,14). The summed E-state index contributed by atoms with van der Waals surface area (Å²) >= 11 is 0. The van der Waals surface area contributed by atoms with Gasteiger partial charge < -0.3 is 15.2 Å². The molecule has 0 aliphatic carbocycles. The summed E-state index contributed by atoms with van der Waals surface area (Å²) in [5, 5.41) is 11.5. The van der Waals surface area contributed by atoms with Crippen LogP contribution in [-0.2, 0) is 9.53 Å². The van der Waals surface area contributed by atoms with Crippen molar-refractivity contribution in [1.82, 2.24) is 5.32 Å². The average Bonchev–Trinajstić information content (AvgIpc) is 2.28. The molecule has 5 nitrogen and oxygen atoms in total. The van der Waals surface area contributed by atoms with Gasteiger partial charge in [0.05, 0.1) is 7.11 Å². The van der Waals surface area contributed by atoms with Crippen molar-refractivity contribution in [1.29, 1.82) is 0 Å². The Kier molecular flexibility index (Phi) is 3.88. The molecule has 5 heteroatoms. The van der Waals surface area contributed by atoms with Crippen LogP contribution in [-0.4, -0.2) is 30.1 Å². The van der Waals surface area contributed by atoms with Crippen LogP contribution < -0.4 is 5.32 Å². The maximum Gasteiger partial charge on any atom is 0.328 e. The lowest BCUT2D eigenvalue weighted by Gasteiger charge is -2.11. The van der Waals surface area contributed by atoms with Gasteiger partial charge in [0.25, 0.3) is 5.91 Å². The third kappa shape index (κ3) is 2.98. The van der Waals surface area contributed by atoms with Crippen molar-refractivity contribution < 1.29 is 19.4 Å². The molecular weight excluding hydrogens is 210 g/mol. The first-order valence-corrected chi connectivity index (χ1v) is 4.72. The number of phenolic OH excluding ortho intramolecular Hbond substituents is 1. The Balaban J connectivity index is 2.65. The lowest BCUT2D eigenvalue weighted by atomic mass is 10.2. The van der Waals surface area contributed by atoms with Gasteiger partial charge in [-0.3, -0.25) is 4.79 Å². The number of carbonyl (C=O) groups is 2. The van der Waals surface area contributed by atoms with Crippen molar-refractivity contribution in [2.24, 2.45) is 0 Å². The summed E-state index contributed by atoms with van der Waals surface area (Å²) in [5.74, 6) is -0.817. The molecule has 0 aliphatic heterocycles. The molecule has 1 rings (SSSR count). The molecule has 1 aromatic carbocycles. The van der Waals surface area contributed by atoms with Crippen molar-refractivity contribution in [3.05, 3.63) is 29.8 Å². The van der Waals surface area contributed by atoms with Crippen molar-refractivity contribution in [3.8, 4) is 5.75 Å². The number of nitrogens with one attached hydrogen (secondary N) is 1. The predicted molar refractivity (Wildman–Crippen MR) is 57.1 cm³/mol. The summed E-state index contributed by atoms with van der Waals surface area (Å²) in [6.07, 6.45) is 0. The van der Waals surface area contributed by atoms with Crippen LogP contribution in [0.3, 0.4) is 0 Å². The number of aromatic hydroxyl groups is 1. The summed E-state index contributed by atoms with van der Waals surface area (Å²) < 4.78 is 4.47. The number of ether oxygens (including phenoxy) is 1. The van der Waals surface area contributed by atoms with Gasteiger partial charge in [0, 0.05) is 5.56 Å². The van der Waals surface area contributed by atoms with Gasteiger partial charge in [0.15, 0.2) is 0 Å². The van der Waals surface area contributed by atoms with E-state index in [1.54, 1.807) is 0 Å². The van der Waals surface area contributed by atoms with Gasteiger partial charge >= 0.3 is 5.97 Å². The fourth-order valence-electron chi connectivity index (χ4n) is 1.13. The molecule has 86 valence electrons. The van der Waals surface area contributed by atoms with Gasteiger partial charge in [-0.1, -0.05) is 0 Å². The van der Waals surface area contributed by atoms with Crippen molar-refractivity contribution in [2.75, 3.05) is 7.11 Å². The van der Waals surface area contributed by atoms with Gasteiger partial charge in [-0.05, 0) is 31.2 Å². The highest BCUT2D eigenvalue weighted by atomic mass is 16.5. The molecule has 0 radical (unpaired) electrons. The number of benzene rings is 1. The highest BCUT2D eigenvalue weighted by Gasteiger charge is 2.16. The van der Waals surface area contributed by atoms with Crippen LogP contribution in [0, 0.1) is 0 Å². The number of carbonyl (C=O) groups excluding carboxylic acids is 2. The largest absolute Gasteiger partial charge is 0.508 e. The maximum atomic E-state index is 11.6. The van der Waals surface area contributed by atoms with Gasteiger partial charge in [-0.2, -0.15) is 0 Å². The quantitative estimate of drug-likeness (QED) is 0.739. The summed E-state index contributed by atoms with van der Waals surface area (Å²) in [4.78, 5) is 22.6. The molecule has 0 aromatic heterocycles. The first kappa shape index (κ1) is 12.0. The molecule has 0 heterocycles. The van der Waals surface area contributed by atoms with Crippen LogP contribution in [0.25, 0.3) is 0 Å². The normalized spacial score (nSPS) is 11.6. The van der Waals surface area contributed by atoms with Crippen LogP contribution in [0.2, 0.25) is 0 Å². The molecule has 0 fully saturated rings. The highest BCUT2D eigenvalue weighted by Crippen LogP contribution is 2.09. The Labute approximate surface area is 93.0 Å². The number of methoxy groups -OCH3 is 1. The number of esters is 1. The predicted octanol–water partition coefficient (Wildman–Crippen LogP) is 0.683. The van der Waals surface area contributed by atoms with E-state index in [1.807, 2.05) is 0 Å². The molecule has 1 aromatic rings. The Morgan fingerprint density at radius 1 is 1.31 bits per heavy atom. The zero-order chi connectivity index (χ0) is 12.1. The molecule has 1 atom stereocenters. The number of phenols is 1. The van der Waals surface area contributed by atoms with Crippen LogP contribution in [0.15, 0.2) is 24.3 Å². The van der Waals surface area contributed by atoms with Gasteiger partial charge in [-0.25, -0.2) is 4.79 Å². The van der Waals surface area contributed by atoms with Crippen molar-refractivity contribution >= 4 is 11.9 Å². The zero-order valence-electron chi connectivity index (χ0n) is 9.06. The first-order chi connectivity index (χ1) is 7.54. The molecule has 1 unspecified atom stereocenters. The van der Waals surface area contributed by atoms with Crippen molar-refractivity contribution in [2.45, 2.75) is 13.0 Å². The molecule has 0 bridgehead atoms. The Morgan fingerprint density at radius 3 is 2.38 bits per heavy atom. The van der Waals surface area contributed by atoms with Gasteiger partial charge in [-0.15, -0.1) is 0 Å². The number of hydrogen-bond donors (Lipinski definition) is 2. The number of amides is 1. The Bertz CT molecular complexity index is 385. The molecule has 0 spiro atoms. The first-order valence-electron chi connectivity index (χ1n) is 4.72. The second-order valence-corrected chi connectivity index (χ2v) is 3.27. The number of rotatable bonds is 3.